The van der Waals surface area contributed by atoms with Crippen molar-refractivity contribution in [3.05, 3.63) is 28.8 Å². The van der Waals surface area contributed by atoms with E-state index in [0.717, 1.165) is 30.4 Å². The first-order valence-electron chi connectivity index (χ1n) is 6.71. The molecule has 0 aromatic heterocycles. The van der Waals surface area contributed by atoms with E-state index >= 15 is 0 Å². The maximum atomic E-state index is 12.1. The molecule has 0 atom stereocenters. The number of unbranched alkanes of at least 4 members (excludes halogenated alkanes) is 1. The molecule has 1 aromatic carbocycles. The fourth-order valence-corrected chi connectivity index (χ4v) is 3.66. The second kappa shape index (κ2) is 6.24. The van der Waals surface area contributed by atoms with E-state index in [1.807, 2.05) is 6.07 Å². The highest BCUT2D eigenvalue weighted by molar-refractivity contribution is 7.89. The van der Waals surface area contributed by atoms with E-state index in [2.05, 4.69) is 0 Å². The Morgan fingerprint density at radius 2 is 2.00 bits per heavy atom. The molecule has 1 aliphatic rings. The summed E-state index contributed by atoms with van der Waals surface area (Å²) in [6.07, 6.45) is 4.30. The summed E-state index contributed by atoms with van der Waals surface area (Å²) in [6.45, 7) is 0. The van der Waals surface area contributed by atoms with Crippen LogP contribution in [0.25, 0.3) is 0 Å². The normalized spacial score (nSPS) is 14.3. The number of primary sulfonamides is 1. The van der Waals surface area contributed by atoms with Gasteiger partial charge in [-0.15, -0.1) is 11.6 Å². The Bertz CT molecular complexity index is 626. The summed E-state index contributed by atoms with van der Waals surface area (Å²) in [4.78, 5) is 12.2. The number of nitrogens with two attached hydrogens (primary N) is 1. The van der Waals surface area contributed by atoms with Gasteiger partial charge in [0.1, 0.15) is 0 Å². The molecule has 0 radical (unpaired) electrons. The minimum Gasteiger partial charge on any atom is -0.294 e. The van der Waals surface area contributed by atoms with Gasteiger partial charge in [0.05, 0.1) is 4.90 Å². The SMILES string of the molecule is NS(=O)(=O)c1cc(C(=O)CCCCCl)cc2c1CCC2. The van der Waals surface area contributed by atoms with Gasteiger partial charge in [-0.25, -0.2) is 13.6 Å². The Morgan fingerprint density at radius 3 is 2.65 bits per heavy atom. The number of ketones is 1. The number of hydrogen-bond donors (Lipinski definition) is 1. The molecule has 0 heterocycles. The summed E-state index contributed by atoms with van der Waals surface area (Å²) in [5.74, 6) is 0.481. The van der Waals surface area contributed by atoms with Crippen molar-refractivity contribution in [2.75, 3.05) is 5.88 Å². The zero-order valence-corrected chi connectivity index (χ0v) is 12.8. The Kier molecular flexibility index (Phi) is 4.83. The van der Waals surface area contributed by atoms with Crippen LogP contribution in [0.3, 0.4) is 0 Å². The zero-order chi connectivity index (χ0) is 14.8. The summed E-state index contributed by atoms with van der Waals surface area (Å²) in [6, 6.07) is 3.25. The molecule has 0 saturated carbocycles. The van der Waals surface area contributed by atoms with Crippen molar-refractivity contribution >= 4 is 27.4 Å². The number of carbonyl (C=O) groups excluding carboxylic acids is 1. The van der Waals surface area contributed by atoms with Gasteiger partial charge in [0.2, 0.25) is 10.0 Å². The molecule has 0 saturated heterocycles. The van der Waals surface area contributed by atoms with Gasteiger partial charge in [-0.3, -0.25) is 4.79 Å². The van der Waals surface area contributed by atoms with Crippen molar-refractivity contribution in [3.8, 4) is 0 Å². The number of Topliss-reactive ketones (excluding diaryl/α,β-unsaturated/α-hetero) is 1. The van der Waals surface area contributed by atoms with Crippen LogP contribution in [0.15, 0.2) is 17.0 Å². The third-order valence-electron chi connectivity index (χ3n) is 3.59. The van der Waals surface area contributed by atoms with Crippen LogP contribution in [0.1, 0.15) is 47.2 Å². The number of benzene rings is 1. The van der Waals surface area contributed by atoms with Gasteiger partial charge in [-0.1, -0.05) is 0 Å². The molecule has 20 heavy (non-hydrogen) atoms. The second-order valence-corrected chi connectivity index (χ2v) is 6.99. The van der Waals surface area contributed by atoms with Crippen molar-refractivity contribution in [2.45, 2.75) is 43.4 Å². The number of alkyl halides is 1. The van der Waals surface area contributed by atoms with E-state index in [-0.39, 0.29) is 10.7 Å². The van der Waals surface area contributed by atoms with Gasteiger partial charge in [-0.2, -0.15) is 0 Å². The summed E-state index contributed by atoms with van der Waals surface area (Å²) in [5.41, 5.74) is 2.17. The third-order valence-corrected chi connectivity index (χ3v) is 4.83. The standard InChI is InChI=1S/C14H18ClNO3S/c15-7-2-1-6-13(17)11-8-10-4-3-5-12(10)14(9-11)20(16,18)19/h8-9H,1-7H2,(H2,16,18,19). The molecule has 0 unspecified atom stereocenters. The van der Waals surface area contributed by atoms with Crippen LogP contribution < -0.4 is 5.14 Å². The van der Waals surface area contributed by atoms with Crippen molar-refractivity contribution in [1.82, 2.24) is 0 Å². The maximum Gasteiger partial charge on any atom is 0.238 e. The number of rotatable bonds is 6. The summed E-state index contributed by atoms with van der Waals surface area (Å²) in [5, 5.41) is 5.26. The van der Waals surface area contributed by atoms with Crippen molar-refractivity contribution < 1.29 is 13.2 Å². The van der Waals surface area contributed by atoms with E-state index in [0.29, 0.717) is 30.7 Å². The van der Waals surface area contributed by atoms with Gasteiger partial charge in [0.25, 0.3) is 0 Å². The highest BCUT2D eigenvalue weighted by atomic mass is 35.5. The monoisotopic (exact) mass is 315 g/mol. The predicted molar refractivity (Wildman–Crippen MR) is 78.7 cm³/mol. The lowest BCUT2D eigenvalue weighted by atomic mass is 10.0. The number of fused-ring (bicyclic) bond motifs is 1. The molecule has 6 heteroatoms. The van der Waals surface area contributed by atoms with Crippen LogP contribution in [0.2, 0.25) is 0 Å². The molecular weight excluding hydrogens is 298 g/mol. The Hall–Kier alpha value is -0.910. The molecule has 1 aliphatic carbocycles. The molecule has 4 nitrogen and oxygen atoms in total. The predicted octanol–water partition coefficient (Wildman–Crippen LogP) is 2.41. The van der Waals surface area contributed by atoms with Crippen LogP contribution in [0, 0.1) is 0 Å². The van der Waals surface area contributed by atoms with Crippen molar-refractivity contribution in [1.29, 1.82) is 0 Å². The highest BCUT2D eigenvalue weighted by Crippen LogP contribution is 2.30. The Balaban J connectivity index is 2.34. The first kappa shape index (κ1) is 15.5. The van der Waals surface area contributed by atoms with E-state index in [1.165, 1.54) is 6.07 Å². The Morgan fingerprint density at radius 1 is 1.25 bits per heavy atom. The summed E-state index contributed by atoms with van der Waals surface area (Å²) in [7, 11) is -3.78. The molecule has 0 aliphatic heterocycles. The fourth-order valence-electron chi connectivity index (χ4n) is 2.60. The van der Waals surface area contributed by atoms with Crippen LogP contribution in [0.5, 0.6) is 0 Å². The zero-order valence-electron chi connectivity index (χ0n) is 11.2. The first-order chi connectivity index (χ1) is 9.43. The first-order valence-corrected chi connectivity index (χ1v) is 8.79. The average Bonchev–Trinajstić information content (AvgIpc) is 2.84. The number of aryl methyl sites for hydroxylation is 1. The van der Waals surface area contributed by atoms with Crippen LogP contribution >= 0.6 is 11.6 Å². The van der Waals surface area contributed by atoms with E-state index < -0.39 is 10.0 Å². The van der Waals surface area contributed by atoms with Crippen molar-refractivity contribution in [2.24, 2.45) is 5.14 Å². The van der Waals surface area contributed by atoms with Crippen LogP contribution in [-0.2, 0) is 22.9 Å². The smallest absolute Gasteiger partial charge is 0.238 e. The average molecular weight is 316 g/mol. The van der Waals surface area contributed by atoms with Gasteiger partial charge in [0, 0.05) is 17.9 Å². The van der Waals surface area contributed by atoms with Gasteiger partial charge < -0.3 is 0 Å². The molecule has 110 valence electrons. The largest absolute Gasteiger partial charge is 0.294 e. The van der Waals surface area contributed by atoms with Crippen LogP contribution in [-0.4, -0.2) is 20.1 Å². The number of halogens is 1. The number of hydrogen-bond acceptors (Lipinski definition) is 3. The fraction of sp³-hybridized carbons (Fsp3) is 0.500. The van der Waals surface area contributed by atoms with Crippen LogP contribution in [0.4, 0.5) is 0 Å². The lowest BCUT2D eigenvalue weighted by molar-refractivity contribution is 0.0979. The van der Waals surface area contributed by atoms with Gasteiger partial charge in [-0.05, 0) is 55.4 Å². The van der Waals surface area contributed by atoms with E-state index in [9.17, 15) is 13.2 Å². The quantitative estimate of drug-likeness (QED) is 0.497. The van der Waals surface area contributed by atoms with Gasteiger partial charge in [0.15, 0.2) is 5.78 Å². The lowest BCUT2D eigenvalue weighted by Gasteiger charge is -2.10. The van der Waals surface area contributed by atoms with E-state index in [1.54, 1.807) is 0 Å². The molecule has 0 fully saturated rings. The van der Waals surface area contributed by atoms with Crippen molar-refractivity contribution in [3.63, 3.8) is 0 Å². The van der Waals surface area contributed by atoms with Gasteiger partial charge >= 0.3 is 0 Å². The molecule has 2 rings (SSSR count). The molecule has 2 N–H and O–H groups in total. The maximum absolute atomic E-state index is 12.1. The topological polar surface area (TPSA) is 77.2 Å². The molecule has 0 bridgehead atoms. The minimum atomic E-state index is -3.78. The molecule has 1 aromatic rings. The molecule has 0 spiro atoms. The number of carbonyl (C=O) groups is 1. The Labute approximate surface area is 124 Å². The third kappa shape index (κ3) is 3.40. The molecule has 0 amide bonds. The highest BCUT2D eigenvalue weighted by Gasteiger charge is 2.23. The minimum absolute atomic E-state index is 0.0466. The second-order valence-electron chi connectivity index (χ2n) is 5.08. The summed E-state index contributed by atoms with van der Waals surface area (Å²) < 4.78 is 23.4. The summed E-state index contributed by atoms with van der Waals surface area (Å²) >= 11 is 5.59. The molecular formula is C14H18ClNO3S. The lowest BCUT2D eigenvalue weighted by Crippen LogP contribution is -2.16. The number of sulfonamides is 1. The van der Waals surface area contributed by atoms with E-state index in [4.69, 9.17) is 16.7 Å².